The number of aromatic nitrogens is 4. The average Bonchev–Trinajstić information content (AvgIpc) is 3.11. The van der Waals surface area contributed by atoms with Crippen molar-refractivity contribution in [3.63, 3.8) is 0 Å². The molecule has 3 rings (SSSR count). The van der Waals surface area contributed by atoms with Crippen molar-refractivity contribution in [2.45, 2.75) is 20.0 Å². The summed E-state index contributed by atoms with van der Waals surface area (Å²) in [7, 11) is 0. The Balaban J connectivity index is 1.70. The van der Waals surface area contributed by atoms with Crippen LogP contribution in [0.1, 0.15) is 16.8 Å². The van der Waals surface area contributed by atoms with Crippen molar-refractivity contribution in [3.8, 4) is 11.4 Å². The third-order valence-electron chi connectivity index (χ3n) is 3.34. The summed E-state index contributed by atoms with van der Waals surface area (Å²) in [5, 5.41) is 3.46. The highest BCUT2D eigenvalue weighted by molar-refractivity contribution is 5.61. The van der Waals surface area contributed by atoms with E-state index in [0.29, 0.717) is 0 Å². The average molecular weight is 267 g/mol. The monoisotopic (exact) mass is 267 g/mol. The fourth-order valence-corrected chi connectivity index (χ4v) is 2.24. The van der Waals surface area contributed by atoms with E-state index in [0.717, 1.165) is 24.5 Å². The minimum atomic E-state index is 0.799. The first kappa shape index (κ1) is 12.6. The van der Waals surface area contributed by atoms with Crippen LogP contribution in [0.15, 0.2) is 43.1 Å². The smallest absolute Gasteiger partial charge is 0.139 e. The van der Waals surface area contributed by atoms with Gasteiger partial charge in [-0.1, -0.05) is 0 Å². The molecule has 0 aliphatic rings. The molecule has 3 aromatic heterocycles. The molecule has 0 spiro atoms. The summed E-state index contributed by atoms with van der Waals surface area (Å²) in [6.07, 6.45) is 9.23. The van der Waals surface area contributed by atoms with E-state index in [1.807, 2.05) is 36.9 Å². The second-order valence-electron chi connectivity index (χ2n) is 4.70. The molecule has 5 heteroatoms. The van der Waals surface area contributed by atoms with Gasteiger partial charge in [-0.05, 0) is 30.2 Å². The zero-order valence-electron chi connectivity index (χ0n) is 11.4. The van der Waals surface area contributed by atoms with Crippen LogP contribution in [0, 0.1) is 6.92 Å². The molecule has 0 bridgehead atoms. The maximum atomic E-state index is 4.32. The summed E-state index contributed by atoms with van der Waals surface area (Å²) in [5.74, 6) is 0.898. The Bertz CT molecular complexity index is 655. The van der Waals surface area contributed by atoms with Gasteiger partial charge >= 0.3 is 0 Å². The lowest BCUT2D eigenvalue weighted by atomic mass is 10.1. The van der Waals surface area contributed by atoms with Crippen LogP contribution in [0.4, 0.5) is 0 Å². The third-order valence-corrected chi connectivity index (χ3v) is 3.34. The summed E-state index contributed by atoms with van der Waals surface area (Å²) in [6.45, 7) is 3.70. The lowest BCUT2D eigenvalue weighted by Crippen LogP contribution is -2.13. The van der Waals surface area contributed by atoms with Crippen molar-refractivity contribution < 1.29 is 0 Å². The van der Waals surface area contributed by atoms with Gasteiger partial charge in [-0.15, -0.1) is 0 Å². The van der Waals surface area contributed by atoms with Crippen molar-refractivity contribution in [1.82, 2.24) is 25.3 Å². The first-order valence-corrected chi connectivity index (χ1v) is 6.61. The number of nitrogens with zero attached hydrogens (tertiary/aromatic N) is 2. The number of hydrogen-bond acceptors (Lipinski definition) is 3. The third kappa shape index (κ3) is 2.62. The highest BCUT2D eigenvalue weighted by Gasteiger charge is 2.11. The number of imidazole rings is 1. The molecule has 5 nitrogen and oxygen atoms in total. The van der Waals surface area contributed by atoms with Crippen LogP contribution < -0.4 is 5.32 Å². The largest absolute Gasteiger partial charge is 0.364 e. The Hall–Kier alpha value is -2.40. The molecular weight excluding hydrogens is 250 g/mol. The minimum absolute atomic E-state index is 0.799. The molecule has 0 aliphatic carbocycles. The van der Waals surface area contributed by atoms with E-state index in [2.05, 4.69) is 32.2 Å². The first-order valence-electron chi connectivity index (χ1n) is 6.61. The first-order chi connectivity index (χ1) is 9.84. The highest BCUT2D eigenvalue weighted by atomic mass is 14.9. The Morgan fingerprint density at radius 3 is 2.70 bits per heavy atom. The molecule has 3 heterocycles. The maximum Gasteiger partial charge on any atom is 0.139 e. The van der Waals surface area contributed by atoms with Crippen LogP contribution in [0.2, 0.25) is 0 Å². The highest BCUT2D eigenvalue weighted by Crippen LogP contribution is 2.22. The number of rotatable bonds is 5. The fraction of sp³-hybridized carbons (Fsp3) is 0.200. The zero-order valence-corrected chi connectivity index (χ0v) is 11.4. The van der Waals surface area contributed by atoms with Gasteiger partial charge in [0.2, 0.25) is 0 Å². The summed E-state index contributed by atoms with van der Waals surface area (Å²) in [5.41, 5.74) is 4.76. The van der Waals surface area contributed by atoms with E-state index in [4.69, 9.17) is 0 Å². The van der Waals surface area contributed by atoms with E-state index in [1.165, 1.54) is 16.8 Å². The molecular formula is C15H17N5. The van der Waals surface area contributed by atoms with E-state index < -0.39 is 0 Å². The van der Waals surface area contributed by atoms with E-state index >= 15 is 0 Å². The van der Waals surface area contributed by atoms with Gasteiger partial charge in [-0.25, -0.2) is 4.98 Å². The van der Waals surface area contributed by atoms with E-state index in [-0.39, 0.29) is 0 Å². The van der Waals surface area contributed by atoms with Crippen molar-refractivity contribution in [3.05, 3.63) is 59.9 Å². The number of pyridine rings is 1. The van der Waals surface area contributed by atoms with Crippen LogP contribution in [0.3, 0.4) is 0 Å². The van der Waals surface area contributed by atoms with Gasteiger partial charge < -0.3 is 15.3 Å². The Morgan fingerprint density at radius 2 is 1.95 bits per heavy atom. The summed E-state index contributed by atoms with van der Waals surface area (Å²) < 4.78 is 0. The number of nitrogens with one attached hydrogen (secondary N) is 3. The molecule has 0 fully saturated rings. The summed E-state index contributed by atoms with van der Waals surface area (Å²) in [4.78, 5) is 14.7. The normalized spacial score (nSPS) is 10.8. The molecule has 0 saturated carbocycles. The molecule has 3 aromatic rings. The van der Waals surface area contributed by atoms with E-state index in [1.54, 1.807) is 6.20 Å². The maximum absolute atomic E-state index is 4.32. The molecule has 0 amide bonds. The number of aryl methyl sites for hydroxylation is 1. The van der Waals surface area contributed by atoms with Gasteiger partial charge in [0.15, 0.2) is 0 Å². The van der Waals surface area contributed by atoms with Crippen molar-refractivity contribution in [2.24, 2.45) is 0 Å². The van der Waals surface area contributed by atoms with Gasteiger partial charge in [0.1, 0.15) is 5.82 Å². The molecule has 102 valence electrons. The Kier molecular flexibility index (Phi) is 3.60. The molecule has 0 atom stereocenters. The molecule has 0 aliphatic heterocycles. The Labute approximate surface area is 117 Å². The minimum Gasteiger partial charge on any atom is -0.364 e. The second-order valence-corrected chi connectivity index (χ2v) is 4.70. The van der Waals surface area contributed by atoms with Crippen LogP contribution in [0.25, 0.3) is 11.4 Å². The van der Waals surface area contributed by atoms with Gasteiger partial charge in [0, 0.05) is 55.3 Å². The number of aromatic amines is 2. The topological polar surface area (TPSA) is 69.4 Å². The fourth-order valence-electron chi connectivity index (χ4n) is 2.24. The van der Waals surface area contributed by atoms with Crippen molar-refractivity contribution in [1.29, 1.82) is 0 Å². The number of hydrogen-bond donors (Lipinski definition) is 3. The lowest BCUT2D eigenvalue weighted by Gasteiger charge is -2.06. The van der Waals surface area contributed by atoms with Crippen LogP contribution >= 0.6 is 0 Å². The molecule has 0 radical (unpaired) electrons. The van der Waals surface area contributed by atoms with Crippen LogP contribution in [-0.2, 0) is 13.1 Å². The summed E-state index contributed by atoms with van der Waals surface area (Å²) >= 11 is 0. The van der Waals surface area contributed by atoms with Crippen LogP contribution in [-0.4, -0.2) is 19.9 Å². The molecule has 20 heavy (non-hydrogen) atoms. The standard InChI is InChI=1S/C15H17N5/c1-11-13(9-17-8-12-2-4-16-5-3-12)14(10-20-11)15-18-6-7-19-15/h2-7,10,17,20H,8-9H2,1H3,(H,18,19). The van der Waals surface area contributed by atoms with Gasteiger partial charge in [-0.3, -0.25) is 4.98 Å². The molecule has 0 saturated heterocycles. The number of H-pyrrole nitrogens is 2. The van der Waals surface area contributed by atoms with Gasteiger partial charge in [-0.2, -0.15) is 0 Å². The molecule has 0 unspecified atom stereocenters. The zero-order chi connectivity index (χ0) is 13.8. The van der Waals surface area contributed by atoms with Crippen LogP contribution in [0.5, 0.6) is 0 Å². The van der Waals surface area contributed by atoms with Gasteiger partial charge in [0.25, 0.3) is 0 Å². The lowest BCUT2D eigenvalue weighted by molar-refractivity contribution is 0.691. The van der Waals surface area contributed by atoms with E-state index in [9.17, 15) is 0 Å². The quantitative estimate of drug-likeness (QED) is 0.665. The SMILES string of the molecule is Cc1[nH]cc(-c2ncc[nH]2)c1CNCc1ccncc1. The Morgan fingerprint density at radius 1 is 1.10 bits per heavy atom. The van der Waals surface area contributed by atoms with Gasteiger partial charge in [0.05, 0.1) is 0 Å². The van der Waals surface area contributed by atoms with Crippen molar-refractivity contribution >= 4 is 0 Å². The molecule has 3 N–H and O–H groups in total. The summed E-state index contributed by atoms with van der Waals surface area (Å²) in [6, 6.07) is 4.04. The molecule has 0 aromatic carbocycles. The van der Waals surface area contributed by atoms with Crippen molar-refractivity contribution in [2.75, 3.05) is 0 Å². The predicted octanol–water partition coefficient (Wildman–Crippen LogP) is 2.40. The predicted molar refractivity (Wildman–Crippen MR) is 77.9 cm³/mol. The second kappa shape index (κ2) is 5.71.